The molecule has 7 nitrogen and oxygen atoms in total. The lowest BCUT2D eigenvalue weighted by Crippen LogP contribution is -2.54. The summed E-state index contributed by atoms with van der Waals surface area (Å²) in [6.07, 6.45) is 4.35. The van der Waals surface area contributed by atoms with Crippen molar-refractivity contribution in [2.24, 2.45) is 0 Å². The Morgan fingerprint density at radius 3 is 2.40 bits per heavy atom. The number of nitrogens with one attached hydrogen (secondary N) is 1. The standard InChI is InChI=1S/C28H29N3O4/c1-4-20(3)21-9-11-22(12-10-21)31-27(33)25(26(32)29-28(31)34)18-23-6-5-15-30(23)16-17-35-24-13-7-19(2)8-14-24/h5-15,18,20H,4,16-17H2,1-3H3,(H,29,32,34)/b25-18-/t20-/m0/s1. The van der Waals surface area contributed by atoms with Crippen LogP contribution in [0.4, 0.5) is 10.5 Å². The largest absolute Gasteiger partial charge is 0.492 e. The minimum absolute atomic E-state index is 0.102. The van der Waals surface area contributed by atoms with Crippen LogP contribution in [0.3, 0.4) is 0 Å². The van der Waals surface area contributed by atoms with Gasteiger partial charge in [-0.15, -0.1) is 0 Å². The quantitative estimate of drug-likeness (QED) is 0.368. The number of hydrogen-bond acceptors (Lipinski definition) is 4. The fourth-order valence-corrected chi connectivity index (χ4v) is 3.89. The Balaban J connectivity index is 1.51. The molecule has 0 aliphatic carbocycles. The van der Waals surface area contributed by atoms with Crippen LogP contribution in [-0.2, 0) is 16.1 Å². The van der Waals surface area contributed by atoms with Crippen molar-refractivity contribution in [2.75, 3.05) is 11.5 Å². The minimum Gasteiger partial charge on any atom is -0.492 e. The highest BCUT2D eigenvalue weighted by molar-refractivity contribution is 6.39. The molecule has 1 aliphatic rings. The highest BCUT2D eigenvalue weighted by Gasteiger charge is 2.37. The maximum atomic E-state index is 13.2. The SMILES string of the molecule is CC[C@H](C)c1ccc(N2C(=O)NC(=O)/C(=C/c3cccn3CCOc3ccc(C)cc3)C2=O)cc1. The summed E-state index contributed by atoms with van der Waals surface area (Å²) in [6.45, 7) is 7.18. The van der Waals surface area contributed by atoms with E-state index in [1.165, 1.54) is 6.08 Å². The average Bonchev–Trinajstić information content (AvgIpc) is 3.29. The zero-order valence-corrected chi connectivity index (χ0v) is 20.2. The van der Waals surface area contributed by atoms with Crippen molar-refractivity contribution in [3.63, 3.8) is 0 Å². The number of urea groups is 1. The molecule has 7 heteroatoms. The number of benzene rings is 2. The van der Waals surface area contributed by atoms with Gasteiger partial charge in [-0.2, -0.15) is 0 Å². The van der Waals surface area contributed by atoms with E-state index in [2.05, 4.69) is 19.2 Å². The summed E-state index contributed by atoms with van der Waals surface area (Å²) in [7, 11) is 0. The molecule has 2 heterocycles. The van der Waals surface area contributed by atoms with Crippen LogP contribution in [0.25, 0.3) is 6.08 Å². The van der Waals surface area contributed by atoms with Gasteiger partial charge in [0.05, 0.1) is 12.2 Å². The first-order valence-corrected chi connectivity index (χ1v) is 11.7. The van der Waals surface area contributed by atoms with Crippen LogP contribution in [-0.4, -0.2) is 29.0 Å². The Morgan fingerprint density at radius 1 is 1.00 bits per heavy atom. The number of hydrogen-bond donors (Lipinski definition) is 1. The highest BCUT2D eigenvalue weighted by Crippen LogP contribution is 2.25. The topological polar surface area (TPSA) is 80.6 Å². The number of amides is 4. The van der Waals surface area contributed by atoms with Crippen molar-refractivity contribution >= 4 is 29.6 Å². The molecule has 0 spiro atoms. The number of carbonyl (C=O) groups excluding carboxylic acids is 3. The molecule has 4 amide bonds. The predicted molar refractivity (Wildman–Crippen MR) is 135 cm³/mol. The van der Waals surface area contributed by atoms with Crippen molar-refractivity contribution < 1.29 is 19.1 Å². The van der Waals surface area contributed by atoms with E-state index in [1.807, 2.05) is 60.2 Å². The third-order valence-corrected chi connectivity index (χ3v) is 6.21. The van der Waals surface area contributed by atoms with E-state index in [1.54, 1.807) is 18.2 Å². The summed E-state index contributed by atoms with van der Waals surface area (Å²) >= 11 is 0. The van der Waals surface area contributed by atoms with Crippen molar-refractivity contribution in [3.05, 3.63) is 89.3 Å². The summed E-state index contributed by atoms with van der Waals surface area (Å²) in [5.41, 5.74) is 3.26. The Morgan fingerprint density at radius 2 is 1.71 bits per heavy atom. The smallest absolute Gasteiger partial charge is 0.335 e. The lowest BCUT2D eigenvalue weighted by atomic mass is 9.98. The number of anilines is 1. The van der Waals surface area contributed by atoms with E-state index in [9.17, 15) is 14.4 Å². The van der Waals surface area contributed by atoms with Crippen LogP contribution in [0.2, 0.25) is 0 Å². The molecule has 1 atom stereocenters. The van der Waals surface area contributed by atoms with Gasteiger partial charge in [0.2, 0.25) is 0 Å². The van der Waals surface area contributed by atoms with Gasteiger partial charge >= 0.3 is 6.03 Å². The van der Waals surface area contributed by atoms with Gasteiger partial charge in [0.15, 0.2) is 0 Å². The van der Waals surface area contributed by atoms with Crippen LogP contribution in [0.15, 0.2) is 72.4 Å². The lowest BCUT2D eigenvalue weighted by Gasteiger charge is -2.26. The molecule has 1 aliphatic heterocycles. The molecule has 0 unspecified atom stereocenters. The number of imide groups is 2. The van der Waals surface area contributed by atoms with Crippen molar-refractivity contribution in [1.29, 1.82) is 0 Å². The van der Waals surface area contributed by atoms with Gasteiger partial charge in [0.1, 0.15) is 17.9 Å². The van der Waals surface area contributed by atoms with Gasteiger partial charge in [-0.25, -0.2) is 9.69 Å². The molecular formula is C28H29N3O4. The molecule has 0 saturated carbocycles. The molecule has 35 heavy (non-hydrogen) atoms. The number of rotatable bonds is 8. The van der Waals surface area contributed by atoms with Gasteiger partial charge in [-0.05, 0) is 67.3 Å². The van der Waals surface area contributed by atoms with Crippen LogP contribution in [0, 0.1) is 6.92 Å². The molecule has 3 aromatic rings. The third-order valence-electron chi connectivity index (χ3n) is 6.21. The summed E-state index contributed by atoms with van der Waals surface area (Å²) < 4.78 is 7.70. The van der Waals surface area contributed by atoms with Gasteiger partial charge in [0.25, 0.3) is 11.8 Å². The van der Waals surface area contributed by atoms with Crippen molar-refractivity contribution in [3.8, 4) is 5.75 Å². The number of nitrogens with zero attached hydrogens (tertiary/aromatic N) is 2. The van der Waals surface area contributed by atoms with E-state index in [4.69, 9.17) is 4.74 Å². The maximum absolute atomic E-state index is 13.2. The molecule has 4 rings (SSSR count). The second kappa shape index (κ2) is 10.4. The first-order valence-electron chi connectivity index (χ1n) is 11.7. The molecular weight excluding hydrogens is 442 g/mol. The fraction of sp³-hybridized carbons (Fsp3) is 0.250. The number of aryl methyl sites for hydroxylation is 1. The molecule has 1 N–H and O–H groups in total. The van der Waals surface area contributed by atoms with E-state index in [0.717, 1.165) is 28.2 Å². The van der Waals surface area contributed by atoms with E-state index in [-0.39, 0.29) is 5.57 Å². The second-order valence-electron chi connectivity index (χ2n) is 8.65. The van der Waals surface area contributed by atoms with Gasteiger partial charge < -0.3 is 9.30 Å². The van der Waals surface area contributed by atoms with Crippen LogP contribution < -0.4 is 15.0 Å². The van der Waals surface area contributed by atoms with Crippen molar-refractivity contribution in [1.82, 2.24) is 9.88 Å². The number of aromatic nitrogens is 1. The number of barbiturate groups is 1. The third kappa shape index (κ3) is 5.35. The molecule has 180 valence electrons. The Kier molecular flexibility index (Phi) is 7.15. The summed E-state index contributed by atoms with van der Waals surface area (Å²) in [5.74, 6) is -0.220. The fourth-order valence-electron chi connectivity index (χ4n) is 3.89. The monoisotopic (exact) mass is 471 g/mol. The zero-order chi connectivity index (χ0) is 24.9. The Hall–Kier alpha value is -4.13. The Bertz CT molecular complexity index is 1260. The first kappa shape index (κ1) is 24.0. The summed E-state index contributed by atoms with van der Waals surface area (Å²) in [5, 5.41) is 2.28. The zero-order valence-electron chi connectivity index (χ0n) is 20.2. The molecule has 1 aromatic heterocycles. The molecule has 1 saturated heterocycles. The number of carbonyl (C=O) groups is 3. The lowest BCUT2D eigenvalue weighted by molar-refractivity contribution is -0.122. The predicted octanol–water partition coefficient (Wildman–Crippen LogP) is 5.06. The van der Waals surface area contributed by atoms with Gasteiger partial charge in [-0.1, -0.05) is 43.7 Å². The summed E-state index contributed by atoms with van der Waals surface area (Å²) in [4.78, 5) is 39.3. The average molecular weight is 472 g/mol. The second-order valence-corrected chi connectivity index (χ2v) is 8.65. The number of ether oxygens (including phenoxy) is 1. The molecule has 1 fully saturated rings. The van der Waals surface area contributed by atoms with E-state index >= 15 is 0 Å². The summed E-state index contributed by atoms with van der Waals surface area (Å²) in [6, 6.07) is 18.0. The maximum Gasteiger partial charge on any atom is 0.335 e. The van der Waals surface area contributed by atoms with Crippen LogP contribution in [0.5, 0.6) is 5.75 Å². The molecule has 0 bridgehead atoms. The van der Waals surface area contributed by atoms with E-state index < -0.39 is 17.8 Å². The first-order chi connectivity index (χ1) is 16.9. The van der Waals surface area contributed by atoms with E-state index in [0.29, 0.717) is 30.5 Å². The van der Waals surface area contributed by atoms with Crippen molar-refractivity contribution in [2.45, 2.75) is 39.7 Å². The highest BCUT2D eigenvalue weighted by atomic mass is 16.5. The van der Waals surface area contributed by atoms with Crippen LogP contribution >= 0.6 is 0 Å². The molecule has 2 aromatic carbocycles. The van der Waals surface area contributed by atoms with Gasteiger partial charge in [0, 0.05) is 11.9 Å². The Labute approximate surface area is 205 Å². The normalized spacial score (nSPS) is 15.9. The minimum atomic E-state index is -0.754. The molecule has 0 radical (unpaired) electrons. The van der Waals surface area contributed by atoms with Gasteiger partial charge in [-0.3, -0.25) is 14.9 Å². The van der Waals surface area contributed by atoms with Crippen LogP contribution in [0.1, 0.15) is 43.0 Å².